The predicted molar refractivity (Wildman–Crippen MR) is 158 cm³/mol. The van der Waals surface area contributed by atoms with Crippen molar-refractivity contribution in [2.24, 2.45) is 0 Å². The number of nitrogens with zero attached hydrogens (tertiary/aromatic N) is 2. The summed E-state index contributed by atoms with van der Waals surface area (Å²) in [7, 11) is -2.80. The van der Waals surface area contributed by atoms with Crippen molar-refractivity contribution in [2.45, 2.75) is 50.7 Å². The number of hydrogen-bond donors (Lipinski definition) is 1. The Morgan fingerprint density at radius 2 is 1.52 bits per heavy atom. The van der Waals surface area contributed by atoms with Crippen molar-refractivity contribution in [1.29, 1.82) is 0 Å². The lowest BCUT2D eigenvalue weighted by Crippen LogP contribution is -2.53. The summed E-state index contributed by atoms with van der Waals surface area (Å²) in [5, 5.41) is 3.50. The van der Waals surface area contributed by atoms with E-state index in [-0.39, 0.29) is 41.2 Å². The molecule has 3 aromatic rings. The summed E-state index contributed by atoms with van der Waals surface area (Å²) in [6.07, 6.45) is 0.270. The quantitative estimate of drug-likeness (QED) is 0.293. The van der Waals surface area contributed by atoms with E-state index in [1.54, 1.807) is 67.6 Å². The molecule has 1 atom stereocenters. The molecule has 0 aliphatic carbocycles. The van der Waals surface area contributed by atoms with Crippen molar-refractivity contribution in [2.75, 3.05) is 18.0 Å². The van der Waals surface area contributed by atoms with Crippen LogP contribution in [0.2, 0.25) is 10.0 Å². The van der Waals surface area contributed by atoms with Crippen LogP contribution in [0.25, 0.3) is 0 Å². The van der Waals surface area contributed by atoms with Gasteiger partial charge in [0.25, 0.3) is 10.0 Å². The summed E-state index contributed by atoms with van der Waals surface area (Å²) in [4.78, 5) is 28.7. The molecule has 0 fully saturated rings. The number of ether oxygens (including phenoxy) is 1. The highest BCUT2D eigenvalue weighted by Crippen LogP contribution is 2.33. The molecule has 40 heavy (non-hydrogen) atoms. The maximum Gasteiger partial charge on any atom is 0.264 e. The number of sulfonamides is 1. The van der Waals surface area contributed by atoms with E-state index in [1.165, 1.54) is 24.1 Å². The number of carbonyl (C=O) groups is 2. The first-order valence-electron chi connectivity index (χ1n) is 12.7. The van der Waals surface area contributed by atoms with Gasteiger partial charge in [0, 0.05) is 28.2 Å². The van der Waals surface area contributed by atoms with Gasteiger partial charge in [-0.25, -0.2) is 8.42 Å². The highest BCUT2D eigenvalue weighted by Gasteiger charge is 2.35. The van der Waals surface area contributed by atoms with Crippen LogP contribution in [0.5, 0.6) is 5.75 Å². The Hall–Kier alpha value is -3.27. The van der Waals surface area contributed by atoms with Crippen LogP contribution in [0.4, 0.5) is 5.69 Å². The van der Waals surface area contributed by atoms with Gasteiger partial charge >= 0.3 is 0 Å². The summed E-state index contributed by atoms with van der Waals surface area (Å²) in [6, 6.07) is 18.2. The van der Waals surface area contributed by atoms with Gasteiger partial charge in [-0.1, -0.05) is 66.5 Å². The minimum absolute atomic E-state index is 0.000929. The molecule has 0 saturated heterocycles. The molecule has 214 valence electrons. The zero-order valence-corrected chi connectivity index (χ0v) is 25.1. The molecule has 0 aliphatic heterocycles. The number of nitrogens with one attached hydrogen (secondary N) is 1. The van der Waals surface area contributed by atoms with E-state index < -0.39 is 28.5 Å². The number of methoxy groups -OCH3 is 1. The van der Waals surface area contributed by atoms with Crippen molar-refractivity contribution in [3.8, 4) is 5.75 Å². The normalized spacial score (nSPS) is 12.1. The Morgan fingerprint density at radius 3 is 2.10 bits per heavy atom. The highest BCUT2D eigenvalue weighted by molar-refractivity contribution is 7.92. The van der Waals surface area contributed by atoms with E-state index in [2.05, 4.69) is 5.32 Å². The molecular weight excluding hydrogens is 573 g/mol. The summed E-state index contributed by atoms with van der Waals surface area (Å²) in [5.74, 6) is -0.726. The Labute approximate surface area is 245 Å². The van der Waals surface area contributed by atoms with Crippen LogP contribution in [0.15, 0.2) is 77.7 Å². The zero-order chi connectivity index (χ0) is 29.4. The van der Waals surface area contributed by atoms with Crippen LogP contribution < -0.4 is 14.4 Å². The first-order chi connectivity index (χ1) is 19.0. The largest absolute Gasteiger partial charge is 0.495 e. The van der Waals surface area contributed by atoms with Crippen LogP contribution in [0.1, 0.15) is 32.8 Å². The summed E-state index contributed by atoms with van der Waals surface area (Å²) < 4.78 is 34.3. The molecular formula is C29H33Cl2N3O5S. The first kappa shape index (κ1) is 31.3. The molecule has 8 nitrogen and oxygen atoms in total. The molecule has 3 rings (SSSR count). The van der Waals surface area contributed by atoms with Gasteiger partial charge in [0.15, 0.2) is 0 Å². The van der Waals surface area contributed by atoms with Crippen molar-refractivity contribution < 1.29 is 22.7 Å². The average molecular weight is 607 g/mol. The molecule has 0 unspecified atom stereocenters. The lowest BCUT2D eigenvalue weighted by Gasteiger charge is -2.34. The molecule has 0 bridgehead atoms. The van der Waals surface area contributed by atoms with Gasteiger partial charge in [-0.3, -0.25) is 13.9 Å². The van der Waals surface area contributed by atoms with Gasteiger partial charge in [-0.2, -0.15) is 0 Å². The Morgan fingerprint density at radius 1 is 0.925 bits per heavy atom. The number of para-hydroxylation sites is 2. The fourth-order valence-corrected chi connectivity index (χ4v) is 6.19. The molecule has 1 N–H and O–H groups in total. The highest BCUT2D eigenvalue weighted by atomic mass is 35.5. The van der Waals surface area contributed by atoms with Crippen molar-refractivity contribution in [1.82, 2.24) is 10.2 Å². The maximum atomic E-state index is 14.1. The molecule has 0 aliphatic rings. The van der Waals surface area contributed by atoms with E-state index >= 15 is 0 Å². The number of rotatable bonds is 12. The lowest BCUT2D eigenvalue weighted by atomic mass is 10.1. The standard InChI is InChI=1S/C29H33Cl2N3O5S/c1-5-25(29(36)32-20(2)3)33(18-22-23(30)14-11-15-24(22)31)28(35)19-34(26-16-9-10-17-27(26)39-4)40(37,38)21-12-7-6-8-13-21/h6-17,20,25H,5,18-19H2,1-4H3,(H,32,36)/t25-/m0/s1. The monoisotopic (exact) mass is 605 g/mol. The zero-order valence-electron chi connectivity index (χ0n) is 22.8. The van der Waals surface area contributed by atoms with Gasteiger partial charge in [-0.15, -0.1) is 0 Å². The number of halogens is 2. The number of carbonyl (C=O) groups excluding carboxylic acids is 2. The number of anilines is 1. The SMILES string of the molecule is CC[C@@H](C(=O)NC(C)C)N(Cc1c(Cl)cccc1Cl)C(=O)CN(c1ccccc1OC)S(=O)(=O)c1ccccc1. The second kappa shape index (κ2) is 13.9. The third kappa shape index (κ3) is 7.27. The molecule has 0 aromatic heterocycles. The van der Waals surface area contributed by atoms with E-state index in [1.807, 2.05) is 13.8 Å². The van der Waals surface area contributed by atoms with Gasteiger partial charge in [-0.05, 0) is 56.7 Å². The van der Waals surface area contributed by atoms with Gasteiger partial charge < -0.3 is 15.0 Å². The number of amides is 2. The van der Waals surface area contributed by atoms with Crippen LogP contribution in [-0.2, 0) is 26.2 Å². The smallest absolute Gasteiger partial charge is 0.264 e. The van der Waals surface area contributed by atoms with Crippen molar-refractivity contribution in [3.05, 3.63) is 88.4 Å². The summed E-state index contributed by atoms with van der Waals surface area (Å²) in [6.45, 7) is 4.70. The Kier molecular flexibility index (Phi) is 10.8. The van der Waals surface area contributed by atoms with Gasteiger partial charge in [0.1, 0.15) is 18.3 Å². The molecule has 0 spiro atoms. The average Bonchev–Trinajstić information content (AvgIpc) is 2.93. The molecule has 3 aromatic carbocycles. The third-order valence-corrected chi connectivity index (χ3v) is 8.65. The van der Waals surface area contributed by atoms with Crippen molar-refractivity contribution >= 4 is 50.7 Å². The number of hydrogen-bond acceptors (Lipinski definition) is 5. The minimum atomic E-state index is -4.22. The second-order valence-corrected chi connectivity index (χ2v) is 12.0. The van der Waals surface area contributed by atoms with Gasteiger partial charge in [0.2, 0.25) is 11.8 Å². The molecule has 0 heterocycles. The van der Waals surface area contributed by atoms with Crippen LogP contribution in [-0.4, -0.2) is 50.9 Å². The predicted octanol–water partition coefficient (Wildman–Crippen LogP) is 5.53. The number of benzene rings is 3. The van der Waals surface area contributed by atoms with Crippen molar-refractivity contribution in [3.63, 3.8) is 0 Å². The fourth-order valence-electron chi connectivity index (χ4n) is 4.22. The van der Waals surface area contributed by atoms with Crippen LogP contribution in [0.3, 0.4) is 0 Å². The molecule has 0 radical (unpaired) electrons. The maximum absolute atomic E-state index is 14.1. The fraction of sp³-hybridized carbons (Fsp3) is 0.310. The second-order valence-electron chi connectivity index (χ2n) is 9.31. The van der Waals surface area contributed by atoms with Gasteiger partial charge in [0.05, 0.1) is 17.7 Å². The minimum Gasteiger partial charge on any atom is -0.495 e. The van der Waals surface area contributed by atoms with E-state index in [9.17, 15) is 18.0 Å². The van der Waals surface area contributed by atoms with E-state index in [0.717, 1.165) is 4.31 Å². The Bertz CT molecular complexity index is 1410. The van der Waals surface area contributed by atoms with E-state index in [4.69, 9.17) is 27.9 Å². The van der Waals surface area contributed by atoms with E-state index in [0.29, 0.717) is 15.6 Å². The first-order valence-corrected chi connectivity index (χ1v) is 14.9. The molecule has 2 amide bonds. The molecule has 0 saturated carbocycles. The summed E-state index contributed by atoms with van der Waals surface area (Å²) >= 11 is 12.9. The van der Waals surface area contributed by atoms with Crippen LogP contribution in [0, 0.1) is 0 Å². The topological polar surface area (TPSA) is 96.0 Å². The van der Waals surface area contributed by atoms with Crippen LogP contribution >= 0.6 is 23.2 Å². The molecule has 11 heteroatoms. The Balaban J connectivity index is 2.13. The summed E-state index contributed by atoms with van der Waals surface area (Å²) in [5.41, 5.74) is 0.627. The third-order valence-electron chi connectivity index (χ3n) is 6.17. The lowest BCUT2D eigenvalue weighted by molar-refractivity contribution is -0.140.